The summed E-state index contributed by atoms with van der Waals surface area (Å²) in [6.45, 7) is 12.5. The highest BCUT2D eigenvalue weighted by Gasteiger charge is 2.62. The molecule has 7 saturated heterocycles. The summed E-state index contributed by atoms with van der Waals surface area (Å²) in [5.74, 6) is -1.56. The lowest BCUT2D eigenvalue weighted by molar-refractivity contribution is -0.210. The third kappa shape index (κ3) is 14.2. The van der Waals surface area contributed by atoms with Gasteiger partial charge in [0.25, 0.3) is 0 Å². The van der Waals surface area contributed by atoms with Crippen molar-refractivity contribution >= 4 is 125 Å². The first-order valence-corrected chi connectivity index (χ1v) is 40.3. The summed E-state index contributed by atoms with van der Waals surface area (Å²) in [5, 5.41) is 48.3. The Kier molecular flexibility index (Phi) is 20.9. The molecule has 616 valence electrons. The lowest BCUT2D eigenvalue weighted by Crippen LogP contribution is -2.34. The maximum absolute atomic E-state index is 11.3. The summed E-state index contributed by atoms with van der Waals surface area (Å²) in [7, 11) is 0. The molecule has 8 aromatic heterocycles. The number of aromatic nitrogens is 12. The van der Waals surface area contributed by atoms with Crippen LogP contribution in [0.25, 0.3) is 44.1 Å². The van der Waals surface area contributed by atoms with Crippen molar-refractivity contribution in [2.24, 2.45) is 0 Å². The maximum atomic E-state index is 11.3. The zero-order valence-electron chi connectivity index (χ0n) is 63.6. The van der Waals surface area contributed by atoms with Crippen molar-refractivity contribution in [3.05, 3.63) is 222 Å². The van der Waals surface area contributed by atoms with Gasteiger partial charge in [0.15, 0.2) is 42.3 Å². The van der Waals surface area contributed by atoms with Gasteiger partial charge in [0.2, 0.25) is 0 Å². The van der Waals surface area contributed by atoms with Crippen molar-refractivity contribution in [3.63, 3.8) is 0 Å². The maximum Gasteiger partial charge on any atom is 0.164 e. The molecular weight excluding hydrogens is 1650 g/mol. The quantitative estimate of drug-likeness (QED) is 0.0693. The van der Waals surface area contributed by atoms with Crippen LogP contribution in [0.5, 0.6) is 0 Å². The zero-order chi connectivity index (χ0) is 81.9. The van der Waals surface area contributed by atoms with Crippen LogP contribution in [0.1, 0.15) is 135 Å². The summed E-state index contributed by atoms with van der Waals surface area (Å²) in [6, 6.07) is 29.4. The molecule has 31 nitrogen and oxygen atoms in total. The van der Waals surface area contributed by atoms with Gasteiger partial charge in [0.05, 0.1) is 48.0 Å². The Bertz CT molecular complexity index is 5680. The van der Waals surface area contributed by atoms with Gasteiger partial charge >= 0.3 is 0 Å². The molecule has 7 fully saturated rings. The van der Waals surface area contributed by atoms with Crippen LogP contribution in [0.4, 0.5) is 11.6 Å². The molecule has 18 heterocycles. The van der Waals surface area contributed by atoms with E-state index in [0.29, 0.717) is 106 Å². The molecule has 0 bridgehead atoms. The molecule has 10 aliphatic rings. The van der Waals surface area contributed by atoms with Crippen LogP contribution in [0, 0.1) is 0 Å². The topological polar surface area (TPSA) is 376 Å². The number of aliphatic hydroxyl groups is 4. The Balaban J connectivity index is 0.000000105. The van der Waals surface area contributed by atoms with E-state index in [-0.39, 0.29) is 55.4 Å². The Morgan fingerprint density at radius 1 is 0.398 bits per heavy atom. The fraction of sp³-hybridized carbons (Fsp3) is 0.407. The number of nitrogen functional groups attached to an aromatic ring is 2. The number of aliphatic hydroxyl groups excluding tert-OH is 4. The predicted octanol–water partition coefficient (Wildman–Crippen LogP) is 12.7. The van der Waals surface area contributed by atoms with Crippen molar-refractivity contribution in [1.82, 2.24) is 58.1 Å². The van der Waals surface area contributed by atoms with Crippen molar-refractivity contribution in [2.75, 3.05) is 11.5 Å². The molecule has 37 heteroatoms. The first-order chi connectivity index (χ1) is 56.6. The molecule has 0 amide bonds. The van der Waals surface area contributed by atoms with E-state index in [2.05, 4.69) is 39.9 Å². The van der Waals surface area contributed by atoms with Crippen molar-refractivity contribution < 1.29 is 82.0 Å². The predicted molar refractivity (Wildman–Crippen MR) is 427 cm³/mol. The summed E-state index contributed by atoms with van der Waals surface area (Å²) in [5.41, 5.74) is 21.6. The lowest BCUT2D eigenvalue weighted by Gasteiger charge is -2.28. The number of hydrogen-bond acceptors (Lipinski definition) is 27. The Hall–Kier alpha value is -7.98. The minimum Gasteiger partial charge on any atom is -0.392 e. The molecule has 10 aliphatic heterocycles. The van der Waals surface area contributed by atoms with Gasteiger partial charge in [-0.2, -0.15) is 0 Å². The number of nitrogens with two attached hydrogens (primary N) is 2. The molecule has 12 aromatic rings. The van der Waals surface area contributed by atoms with Crippen molar-refractivity contribution in [1.29, 1.82) is 0 Å². The number of anilines is 2. The Morgan fingerprint density at radius 3 is 1.19 bits per heavy atom. The van der Waals surface area contributed by atoms with Crippen LogP contribution >= 0.6 is 69.6 Å². The van der Waals surface area contributed by atoms with E-state index in [1.165, 1.54) is 25.3 Å². The standard InChI is InChI=1S/C21H21Cl2N3O5.C21H19Cl2N3O4.C21H21ClN4O4.C18H17ClN4O4/c1-21(2)30-16-15(14(28)13-7-11(22)4-3-10(13)8-27)29-20(17(16)31-21)26-6-5-12-18(23)24-9-25-19(12)26;2*1-21(2)29-16-15(14-13-7-11(22)4-3-10(13)8-27-14)28-20(17(16)30-21)26-6-5-12-18(23)24-9-25-19(12)26;19-9-2-1-8-6-26-14(11(8)5-9)15-12(24)13(25)18(27-15)23-4-3-10-16(20)21-7-22-17(10)23/h3-7,9,14-17,20,27-28H,8H2,1-2H3;3-7,9,14-17,20H,8H2,1-2H3;3-7,9,14-17,20H,8H2,1-2H3,(H2,23,24,25);1-5,7,12-15,18,24-25H,6H2,(H2,20,21,22)/t3*14-,15-,16-,17-,20-;12-,13+,14+,15-,18+/m1110/s1. The molecule has 0 saturated carbocycles. The van der Waals surface area contributed by atoms with Gasteiger partial charge in [-0.05, 0) is 159 Å². The van der Waals surface area contributed by atoms with Crippen LogP contribution in [-0.2, 0) is 88.0 Å². The normalized spacial score (nSPS) is 30.5. The van der Waals surface area contributed by atoms with E-state index >= 15 is 0 Å². The van der Waals surface area contributed by atoms with Gasteiger partial charge in [0.1, 0.15) is 168 Å². The van der Waals surface area contributed by atoms with E-state index < -0.39 is 91.1 Å². The monoisotopic (exact) mass is 1730 g/mol. The molecule has 20 atom stereocenters. The molecule has 0 unspecified atom stereocenters. The van der Waals surface area contributed by atoms with Gasteiger partial charge in [-0.15, -0.1) is 0 Å². The van der Waals surface area contributed by atoms with Crippen molar-refractivity contribution in [3.8, 4) is 0 Å². The second-order valence-electron chi connectivity index (χ2n) is 31.5. The minimum atomic E-state index is -1.16. The molecular formula is C81H78Cl6N14O17. The average molecular weight is 1730 g/mol. The summed E-state index contributed by atoms with van der Waals surface area (Å²) < 4.78 is 88.2. The number of nitrogens with zero attached hydrogens (tertiary/aromatic N) is 12. The lowest BCUT2D eigenvalue weighted by atomic mass is 9.95. The van der Waals surface area contributed by atoms with Crippen LogP contribution in [-0.4, -0.2) is 169 Å². The number of ether oxygens (including phenoxy) is 13. The number of rotatable bonds is 10. The summed E-state index contributed by atoms with van der Waals surface area (Å²) in [6.07, 6.45) is 1.49. The van der Waals surface area contributed by atoms with E-state index in [1.54, 1.807) is 47.3 Å². The molecule has 118 heavy (non-hydrogen) atoms. The molecule has 22 rings (SSSR count). The van der Waals surface area contributed by atoms with E-state index in [1.807, 2.05) is 134 Å². The van der Waals surface area contributed by atoms with Crippen LogP contribution in [0.15, 0.2) is 147 Å². The van der Waals surface area contributed by atoms with Gasteiger partial charge < -0.3 is 112 Å². The van der Waals surface area contributed by atoms with Gasteiger partial charge in [-0.1, -0.05) is 93.9 Å². The summed E-state index contributed by atoms with van der Waals surface area (Å²) in [4.78, 5) is 33.5. The van der Waals surface area contributed by atoms with E-state index in [4.69, 9.17) is 143 Å². The van der Waals surface area contributed by atoms with Gasteiger partial charge in [-0.25, -0.2) is 39.9 Å². The average Bonchev–Trinajstić information content (AvgIpc) is 1.58. The SMILES string of the molecule is CC1(C)O[C@H]2[C@@H](O1)[C@H](n1ccc3c(Cl)ncnc31)O[C@@H]2[C@@H]1OCc2ccc(Cl)cc21.CC1(C)O[C@H]2[C@@H](O1)[C@H](n1ccc3c(Cl)ncnc31)O[C@@H]2[C@H](O)c1cc(Cl)ccc1CO.CC1(C)O[C@H]2[C@@H](O1)[C@H](n1ccc3c(N)ncnc31)O[C@@H]2[C@@H]1OCc2ccc(Cl)cc21.Nc1ncnc2c1ccn2[C@@H]1O[C@H]([C@@H]2OCc3ccc(Cl)cc32)[C@@H](O)[C@H]1O. The first kappa shape index (κ1) is 79.8. The van der Waals surface area contributed by atoms with Crippen molar-refractivity contribution in [2.45, 2.75) is 208 Å². The second-order valence-corrected chi connectivity index (χ2v) is 34.0. The highest BCUT2D eigenvalue weighted by atomic mass is 35.5. The smallest absolute Gasteiger partial charge is 0.164 e. The summed E-state index contributed by atoms with van der Waals surface area (Å²) >= 11 is 37.2. The number of hydrogen-bond donors (Lipinski definition) is 6. The van der Waals surface area contributed by atoms with Gasteiger partial charge in [-0.3, -0.25) is 0 Å². The molecule has 0 radical (unpaired) electrons. The minimum absolute atomic E-state index is 0.242. The third-order valence-electron chi connectivity index (χ3n) is 22.9. The van der Waals surface area contributed by atoms with E-state index in [9.17, 15) is 20.4 Å². The molecule has 8 N–H and O–H groups in total. The largest absolute Gasteiger partial charge is 0.392 e. The third-order valence-corrected chi connectivity index (χ3v) is 24.4. The molecule has 0 aliphatic carbocycles. The Morgan fingerprint density at radius 2 is 0.746 bits per heavy atom. The number of halogens is 6. The highest BCUT2D eigenvalue weighted by molar-refractivity contribution is 6.34. The van der Waals surface area contributed by atoms with E-state index in [0.717, 1.165) is 44.2 Å². The number of benzene rings is 4. The zero-order valence-corrected chi connectivity index (χ0v) is 68.2. The molecule has 0 spiro atoms. The molecule has 4 aromatic carbocycles. The Labute approximate surface area is 702 Å². The second kappa shape index (κ2) is 30.9. The van der Waals surface area contributed by atoms with Crippen LogP contribution in [0.3, 0.4) is 0 Å². The highest BCUT2D eigenvalue weighted by Crippen LogP contribution is 2.54. The fourth-order valence-electron chi connectivity index (χ4n) is 17.8. The van der Waals surface area contributed by atoms with Gasteiger partial charge in [0, 0.05) is 44.9 Å². The van der Waals surface area contributed by atoms with Crippen LogP contribution < -0.4 is 11.5 Å². The fourth-order valence-corrected chi connectivity index (χ4v) is 18.9. The first-order valence-electron chi connectivity index (χ1n) is 38.1. The van der Waals surface area contributed by atoms with Crippen LogP contribution in [0.2, 0.25) is 30.4 Å². The number of fused-ring (bicyclic) bond motifs is 10.